The summed E-state index contributed by atoms with van der Waals surface area (Å²) in [7, 11) is -2.12. The third-order valence-corrected chi connectivity index (χ3v) is 6.83. The Kier molecular flexibility index (Phi) is 6.03. The number of nitrogens with zero attached hydrogens (tertiary/aromatic N) is 3. The van der Waals surface area contributed by atoms with E-state index in [4.69, 9.17) is 9.84 Å². The highest BCUT2D eigenvalue weighted by atomic mass is 32.2. The summed E-state index contributed by atoms with van der Waals surface area (Å²) >= 11 is 0. The Hall–Kier alpha value is -3.18. The van der Waals surface area contributed by atoms with Gasteiger partial charge in [0.1, 0.15) is 25.0 Å². The number of aliphatic carboxylic acids is 1. The highest BCUT2D eigenvalue weighted by Crippen LogP contribution is 2.31. The minimum atomic E-state index is -3.86. The molecule has 1 atom stereocenters. The molecular weight excluding hydrogens is 431 g/mol. The van der Waals surface area contributed by atoms with Crippen molar-refractivity contribution in [2.75, 3.05) is 0 Å². The van der Waals surface area contributed by atoms with Gasteiger partial charge in [-0.1, -0.05) is 17.7 Å². The maximum atomic E-state index is 13.0. The molecule has 11 heteroatoms. The summed E-state index contributed by atoms with van der Waals surface area (Å²) in [5.41, 5.74) is 3.16. The van der Waals surface area contributed by atoms with Crippen LogP contribution in [0.5, 0.6) is 11.6 Å². The quantitative estimate of drug-likeness (QED) is 0.512. The summed E-state index contributed by atoms with van der Waals surface area (Å²) in [5, 5.41) is 13.2. The van der Waals surface area contributed by atoms with Gasteiger partial charge in [-0.25, -0.2) is 18.1 Å². The van der Waals surface area contributed by atoms with Crippen molar-refractivity contribution in [3.8, 4) is 11.6 Å². The third-order valence-electron chi connectivity index (χ3n) is 5.40. The van der Waals surface area contributed by atoms with Gasteiger partial charge in [0, 0.05) is 11.3 Å². The smallest absolute Gasteiger partial charge is 0.325 e. The second-order valence-electron chi connectivity index (χ2n) is 7.87. The first-order chi connectivity index (χ1) is 15.2. The van der Waals surface area contributed by atoms with E-state index in [-0.39, 0.29) is 11.4 Å². The Morgan fingerprint density at radius 3 is 2.75 bits per heavy atom. The van der Waals surface area contributed by atoms with Gasteiger partial charge in [0.15, 0.2) is 0 Å². The molecule has 32 heavy (non-hydrogen) atoms. The van der Waals surface area contributed by atoms with Crippen molar-refractivity contribution in [1.82, 2.24) is 19.5 Å². The number of hydrogen-bond donors (Lipinski definition) is 2. The molecule has 2 heterocycles. The average Bonchev–Trinajstić information content (AvgIpc) is 3.14. The van der Waals surface area contributed by atoms with Crippen LogP contribution in [0.25, 0.3) is 0 Å². The average molecular weight is 454 g/mol. The van der Waals surface area contributed by atoms with Crippen LogP contribution in [0.1, 0.15) is 35.7 Å². The van der Waals surface area contributed by atoms with Crippen LogP contribution < -0.4 is 14.9 Å². The maximum absolute atomic E-state index is 13.0. The second kappa shape index (κ2) is 8.75. The summed E-state index contributed by atoms with van der Waals surface area (Å²) < 4.78 is 36.0. The number of ether oxygens (including phenoxy) is 1. The topological polar surface area (TPSA) is 123 Å². The van der Waals surface area contributed by atoms with E-state index >= 15 is 0 Å². The number of carbonyl (C=O) groups is 1. The van der Waals surface area contributed by atoms with Gasteiger partial charge in [0.25, 0.3) is 0 Å². The fourth-order valence-corrected chi connectivity index (χ4v) is 5.05. The van der Waals surface area contributed by atoms with Crippen LogP contribution in [0.3, 0.4) is 0 Å². The number of nitrogens with one attached hydrogen (secondary N) is 1. The van der Waals surface area contributed by atoms with Crippen LogP contribution in [0.15, 0.2) is 47.6 Å². The molecule has 0 saturated heterocycles. The molecule has 2 N–H and O–H groups in total. The van der Waals surface area contributed by atoms with Crippen LogP contribution in [0.4, 0.5) is 0 Å². The predicted molar refractivity (Wildman–Crippen MR) is 120 cm³/mol. The number of benzene rings is 1. The Bertz CT molecular complexity index is 1260. The van der Waals surface area contributed by atoms with Crippen molar-refractivity contribution in [1.29, 1.82) is 0 Å². The first-order valence-corrected chi connectivity index (χ1v) is 11.7. The van der Waals surface area contributed by atoms with Gasteiger partial charge in [-0.15, -0.1) is 0 Å². The van der Waals surface area contributed by atoms with Crippen molar-refractivity contribution in [2.45, 2.75) is 43.7 Å². The Morgan fingerprint density at radius 1 is 1.31 bits per heavy atom. The number of carboxylic acids is 1. The molecule has 3 aromatic rings. The molecule has 9 nitrogen and oxygen atoms in total. The zero-order valence-electron chi connectivity index (χ0n) is 17.8. The molecule has 1 aliphatic rings. The van der Waals surface area contributed by atoms with Gasteiger partial charge in [-0.3, -0.25) is 9.48 Å². The van der Waals surface area contributed by atoms with Gasteiger partial charge in [0.05, 0.1) is 18.4 Å². The number of aryl methyl sites for hydroxylation is 1. The maximum Gasteiger partial charge on any atom is 0.325 e. The molecule has 166 valence electrons. The number of carboxylic acid groups (broad SMARTS) is 1. The number of fused-ring (bicyclic) bond motifs is 1. The van der Waals surface area contributed by atoms with Gasteiger partial charge >= 0.3 is 5.97 Å². The van der Waals surface area contributed by atoms with E-state index in [1.165, 1.54) is 16.9 Å². The van der Waals surface area contributed by atoms with E-state index in [9.17, 15) is 13.2 Å². The minimum absolute atomic E-state index is 0.0382. The van der Waals surface area contributed by atoms with E-state index in [0.717, 1.165) is 17.7 Å². The molecule has 2 aromatic heterocycles. The SMILES string of the molecule is Bc1cc(S(=O)(=O)NC2CCCc3c2cnn3CC(=O)O)cnc1Oc1ccc(C)cc1. The lowest BCUT2D eigenvalue weighted by molar-refractivity contribution is -0.137. The van der Waals surface area contributed by atoms with E-state index in [0.29, 0.717) is 35.5 Å². The largest absolute Gasteiger partial charge is 0.480 e. The van der Waals surface area contributed by atoms with Crippen molar-refractivity contribution in [3.63, 3.8) is 0 Å². The Labute approximate surface area is 186 Å². The molecule has 0 saturated carbocycles. The summed E-state index contributed by atoms with van der Waals surface area (Å²) in [5.74, 6) is -0.0381. The third kappa shape index (κ3) is 4.68. The van der Waals surface area contributed by atoms with Gasteiger partial charge < -0.3 is 9.84 Å². The molecule has 1 aromatic carbocycles. The number of pyridine rings is 1. The van der Waals surface area contributed by atoms with E-state index in [2.05, 4.69) is 14.8 Å². The van der Waals surface area contributed by atoms with Crippen LogP contribution in [-0.4, -0.2) is 42.1 Å². The predicted octanol–water partition coefficient (Wildman–Crippen LogP) is 1.08. The molecule has 0 spiro atoms. The van der Waals surface area contributed by atoms with Crippen molar-refractivity contribution in [3.05, 3.63) is 59.5 Å². The molecule has 4 rings (SSSR count). The lowest BCUT2D eigenvalue weighted by atomic mass is 9.94. The zero-order chi connectivity index (χ0) is 22.9. The Morgan fingerprint density at radius 2 is 2.06 bits per heavy atom. The molecule has 0 amide bonds. The lowest BCUT2D eigenvalue weighted by Crippen LogP contribution is -2.32. The summed E-state index contributed by atoms with van der Waals surface area (Å²) in [4.78, 5) is 15.3. The van der Waals surface area contributed by atoms with Crippen molar-refractivity contribution < 1.29 is 23.1 Å². The van der Waals surface area contributed by atoms with E-state index in [1.807, 2.05) is 31.2 Å². The van der Waals surface area contributed by atoms with Gasteiger partial charge in [-0.2, -0.15) is 5.10 Å². The monoisotopic (exact) mass is 454 g/mol. The molecule has 1 aliphatic carbocycles. The zero-order valence-corrected chi connectivity index (χ0v) is 18.6. The first-order valence-electron chi connectivity index (χ1n) is 10.2. The fourth-order valence-electron chi connectivity index (χ4n) is 3.77. The van der Waals surface area contributed by atoms with Crippen LogP contribution in [0.2, 0.25) is 0 Å². The summed E-state index contributed by atoms with van der Waals surface area (Å²) in [6.07, 6.45) is 4.81. The van der Waals surface area contributed by atoms with Crippen molar-refractivity contribution in [2.24, 2.45) is 0 Å². The number of sulfonamides is 1. The highest BCUT2D eigenvalue weighted by Gasteiger charge is 2.29. The molecule has 0 aliphatic heterocycles. The summed E-state index contributed by atoms with van der Waals surface area (Å²) in [6.45, 7) is 1.73. The molecule has 0 radical (unpaired) electrons. The minimum Gasteiger partial charge on any atom is -0.480 e. The van der Waals surface area contributed by atoms with Crippen LogP contribution in [-0.2, 0) is 27.8 Å². The standard InChI is InChI=1S/C21H23BN4O5S/c1-13-5-7-14(8-6-13)31-21-17(22)9-15(10-23-21)32(29,30)25-18-3-2-4-19-16(18)11-24-26(19)12-20(27)28/h5-11,18,25H,2-4,12,22H2,1H3,(H,27,28). The fraction of sp³-hybridized carbons (Fsp3) is 0.286. The second-order valence-corrected chi connectivity index (χ2v) is 9.59. The summed E-state index contributed by atoms with van der Waals surface area (Å²) in [6, 6.07) is 8.54. The highest BCUT2D eigenvalue weighted by molar-refractivity contribution is 7.89. The van der Waals surface area contributed by atoms with Gasteiger partial charge in [0.2, 0.25) is 15.9 Å². The normalized spacial score (nSPS) is 15.8. The molecular formula is C21H23BN4O5S. The molecule has 0 bridgehead atoms. The van der Waals surface area contributed by atoms with E-state index < -0.39 is 22.0 Å². The van der Waals surface area contributed by atoms with Crippen LogP contribution in [0, 0.1) is 6.92 Å². The van der Waals surface area contributed by atoms with Crippen molar-refractivity contribution >= 4 is 29.3 Å². The number of hydrogen-bond acceptors (Lipinski definition) is 6. The van der Waals surface area contributed by atoms with Crippen LogP contribution >= 0.6 is 0 Å². The number of rotatable bonds is 7. The first kappa shape index (κ1) is 22.0. The molecule has 1 unspecified atom stereocenters. The number of aromatic nitrogens is 3. The van der Waals surface area contributed by atoms with E-state index in [1.54, 1.807) is 14.0 Å². The molecule has 0 fully saturated rings. The lowest BCUT2D eigenvalue weighted by Gasteiger charge is -2.24. The van der Waals surface area contributed by atoms with Gasteiger partial charge in [-0.05, 0) is 49.8 Å². The Balaban J connectivity index is 1.53.